The van der Waals surface area contributed by atoms with Crippen LogP contribution in [0.3, 0.4) is 0 Å². The molecular formula is C21H17FN6O2S. The van der Waals surface area contributed by atoms with Gasteiger partial charge in [-0.3, -0.25) is 4.79 Å². The normalized spacial score (nSPS) is 12.9. The molecule has 0 fully saturated rings. The number of amides is 1. The quantitative estimate of drug-likeness (QED) is 0.443. The van der Waals surface area contributed by atoms with Crippen LogP contribution in [0, 0.1) is 5.82 Å². The molecule has 0 aliphatic carbocycles. The fraction of sp³-hybridized carbons (Fsp3) is 0.190. The summed E-state index contributed by atoms with van der Waals surface area (Å²) in [6, 6.07) is 13.8. The molecule has 1 aliphatic heterocycles. The fourth-order valence-corrected chi connectivity index (χ4v) is 4.25. The highest BCUT2D eigenvalue weighted by atomic mass is 32.2. The van der Waals surface area contributed by atoms with Gasteiger partial charge >= 0.3 is 0 Å². The minimum absolute atomic E-state index is 0.0240. The fourth-order valence-electron chi connectivity index (χ4n) is 3.46. The summed E-state index contributed by atoms with van der Waals surface area (Å²) >= 11 is 1.30. The van der Waals surface area contributed by atoms with Gasteiger partial charge in [0.1, 0.15) is 5.82 Å². The lowest BCUT2D eigenvalue weighted by atomic mass is 10.2. The van der Waals surface area contributed by atoms with E-state index < -0.39 is 0 Å². The van der Waals surface area contributed by atoms with Crippen molar-refractivity contribution in [3.05, 3.63) is 59.9 Å². The Kier molecular flexibility index (Phi) is 4.99. The van der Waals surface area contributed by atoms with Crippen LogP contribution in [0.5, 0.6) is 0 Å². The van der Waals surface area contributed by atoms with Gasteiger partial charge in [0.25, 0.3) is 5.89 Å². The van der Waals surface area contributed by atoms with Crippen LogP contribution in [-0.4, -0.2) is 43.1 Å². The smallest absolute Gasteiger partial charge is 0.296 e. The Labute approximate surface area is 181 Å². The van der Waals surface area contributed by atoms with E-state index in [2.05, 4.69) is 26.4 Å². The Morgan fingerprint density at radius 2 is 1.97 bits per heavy atom. The lowest BCUT2D eigenvalue weighted by Gasteiger charge is -2.16. The van der Waals surface area contributed by atoms with Gasteiger partial charge < -0.3 is 14.0 Å². The first kappa shape index (κ1) is 19.4. The van der Waals surface area contributed by atoms with Crippen LogP contribution in [0.25, 0.3) is 23.1 Å². The van der Waals surface area contributed by atoms with E-state index >= 15 is 0 Å². The number of benzene rings is 2. The molecule has 1 amide bonds. The second-order valence-electron chi connectivity index (χ2n) is 7.01. The lowest BCUT2D eigenvalue weighted by Crippen LogP contribution is -2.30. The van der Waals surface area contributed by atoms with Gasteiger partial charge in [-0.1, -0.05) is 35.1 Å². The summed E-state index contributed by atoms with van der Waals surface area (Å²) in [6.07, 6.45) is 0.869. The average Bonchev–Trinajstić information content (AvgIpc) is 3.51. The van der Waals surface area contributed by atoms with Gasteiger partial charge in [0.15, 0.2) is 5.16 Å². The van der Waals surface area contributed by atoms with Gasteiger partial charge in [-0.25, -0.2) is 4.39 Å². The minimum Gasteiger partial charge on any atom is -0.330 e. The van der Waals surface area contributed by atoms with E-state index in [1.54, 1.807) is 23.7 Å². The predicted molar refractivity (Wildman–Crippen MR) is 113 cm³/mol. The number of rotatable bonds is 5. The van der Waals surface area contributed by atoms with Crippen molar-refractivity contribution >= 4 is 23.4 Å². The molecule has 0 radical (unpaired) electrons. The molecule has 2 aromatic heterocycles. The molecule has 4 aromatic rings. The van der Waals surface area contributed by atoms with E-state index in [0.717, 1.165) is 12.1 Å². The van der Waals surface area contributed by atoms with Crippen molar-refractivity contribution in [1.82, 2.24) is 24.9 Å². The van der Waals surface area contributed by atoms with E-state index in [9.17, 15) is 9.18 Å². The van der Waals surface area contributed by atoms with E-state index in [-0.39, 0.29) is 23.4 Å². The van der Waals surface area contributed by atoms with Crippen LogP contribution < -0.4 is 4.90 Å². The summed E-state index contributed by atoms with van der Waals surface area (Å²) in [4.78, 5) is 18.9. The van der Waals surface area contributed by atoms with Gasteiger partial charge in [0, 0.05) is 24.8 Å². The molecule has 156 valence electrons. The molecule has 0 bridgehead atoms. The number of aromatic nitrogens is 5. The van der Waals surface area contributed by atoms with Crippen molar-refractivity contribution in [2.24, 2.45) is 7.05 Å². The van der Waals surface area contributed by atoms with E-state index in [1.165, 1.54) is 29.5 Å². The van der Waals surface area contributed by atoms with Gasteiger partial charge in [0.2, 0.25) is 17.6 Å². The molecule has 2 aromatic carbocycles. The summed E-state index contributed by atoms with van der Waals surface area (Å²) in [7, 11) is 1.77. The van der Waals surface area contributed by atoms with Crippen LogP contribution in [0.2, 0.25) is 0 Å². The second-order valence-corrected chi connectivity index (χ2v) is 7.95. The highest BCUT2D eigenvalue weighted by Gasteiger charge is 2.25. The Hall–Kier alpha value is -3.53. The van der Waals surface area contributed by atoms with Crippen molar-refractivity contribution < 1.29 is 13.7 Å². The zero-order valence-electron chi connectivity index (χ0n) is 16.5. The highest BCUT2D eigenvalue weighted by Crippen LogP contribution is 2.29. The van der Waals surface area contributed by atoms with Gasteiger partial charge in [0.05, 0.1) is 5.75 Å². The number of nitrogens with zero attached hydrogens (tertiary/aromatic N) is 6. The topological polar surface area (TPSA) is 89.9 Å². The molecular weight excluding hydrogens is 419 g/mol. The first-order valence-electron chi connectivity index (χ1n) is 9.60. The third-order valence-electron chi connectivity index (χ3n) is 5.07. The summed E-state index contributed by atoms with van der Waals surface area (Å²) in [5.41, 5.74) is 2.80. The molecule has 0 saturated carbocycles. The zero-order valence-corrected chi connectivity index (χ0v) is 17.3. The maximum absolute atomic E-state index is 13.1. The first-order valence-corrected chi connectivity index (χ1v) is 10.6. The second kappa shape index (κ2) is 7.95. The number of hydrogen-bond acceptors (Lipinski definition) is 7. The molecule has 0 saturated heterocycles. The molecule has 8 nitrogen and oxygen atoms in total. The molecule has 0 unspecified atom stereocenters. The molecule has 31 heavy (non-hydrogen) atoms. The van der Waals surface area contributed by atoms with Crippen molar-refractivity contribution in [2.45, 2.75) is 11.6 Å². The number of carbonyl (C=O) groups excluding carboxylic acids is 1. The Balaban J connectivity index is 1.29. The first-order chi connectivity index (χ1) is 15.1. The third kappa shape index (κ3) is 3.70. The standard InChI is InChI=1S/C21H17FN6O2S/c1-27-19(20-23-18(26-30-20)14-6-8-15(22)9-7-14)24-25-21(27)31-12-17(29)28-11-10-13-4-2-3-5-16(13)28/h2-9H,10-12H2,1H3. The maximum Gasteiger partial charge on any atom is 0.296 e. The van der Waals surface area contributed by atoms with Gasteiger partial charge in [-0.05, 0) is 42.3 Å². The number of fused-ring (bicyclic) bond motifs is 1. The zero-order chi connectivity index (χ0) is 21.4. The number of carbonyl (C=O) groups is 1. The highest BCUT2D eigenvalue weighted by molar-refractivity contribution is 7.99. The average molecular weight is 436 g/mol. The monoisotopic (exact) mass is 436 g/mol. The summed E-state index contributed by atoms with van der Waals surface area (Å²) in [5, 5.41) is 12.8. The molecule has 0 N–H and O–H groups in total. The number of para-hydroxylation sites is 1. The van der Waals surface area contributed by atoms with Gasteiger partial charge in [-0.15, -0.1) is 10.2 Å². The molecule has 0 spiro atoms. The molecule has 3 heterocycles. The summed E-state index contributed by atoms with van der Waals surface area (Å²) in [5.74, 6) is 0.842. The number of halogens is 1. The van der Waals surface area contributed by atoms with Crippen molar-refractivity contribution in [3.8, 4) is 23.1 Å². The largest absolute Gasteiger partial charge is 0.330 e. The SMILES string of the molecule is Cn1c(SCC(=O)N2CCc3ccccc32)nnc1-c1nc(-c2ccc(F)cc2)no1. The lowest BCUT2D eigenvalue weighted by molar-refractivity contribution is -0.116. The third-order valence-corrected chi connectivity index (χ3v) is 6.07. The van der Waals surface area contributed by atoms with Crippen LogP contribution >= 0.6 is 11.8 Å². The number of anilines is 1. The minimum atomic E-state index is -0.339. The summed E-state index contributed by atoms with van der Waals surface area (Å²) < 4.78 is 20.1. The Morgan fingerprint density at radius 3 is 2.81 bits per heavy atom. The Morgan fingerprint density at radius 1 is 1.16 bits per heavy atom. The van der Waals surface area contributed by atoms with E-state index in [1.807, 2.05) is 23.1 Å². The molecule has 10 heteroatoms. The summed E-state index contributed by atoms with van der Waals surface area (Å²) in [6.45, 7) is 0.691. The Bertz CT molecular complexity index is 1250. The molecule has 0 atom stereocenters. The van der Waals surface area contributed by atoms with Crippen LogP contribution in [0.4, 0.5) is 10.1 Å². The van der Waals surface area contributed by atoms with Crippen LogP contribution in [0.15, 0.2) is 58.2 Å². The van der Waals surface area contributed by atoms with Gasteiger partial charge in [-0.2, -0.15) is 4.98 Å². The van der Waals surface area contributed by atoms with E-state index in [4.69, 9.17) is 4.52 Å². The van der Waals surface area contributed by atoms with Crippen molar-refractivity contribution in [3.63, 3.8) is 0 Å². The molecule has 5 rings (SSSR count). The number of hydrogen-bond donors (Lipinski definition) is 0. The number of thioether (sulfide) groups is 1. The van der Waals surface area contributed by atoms with Crippen molar-refractivity contribution in [2.75, 3.05) is 17.2 Å². The van der Waals surface area contributed by atoms with Crippen LogP contribution in [0.1, 0.15) is 5.56 Å². The predicted octanol–water partition coefficient (Wildman–Crippen LogP) is 3.35. The molecule has 1 aliphatic rings. The van der Waals surface area contributed by atoms with E-state index in [0.29, 0.717) is 28.9 Å². The van der Waals surface area contributed by atoms with Crippen LogP contribution in [-0.2, 0) is 18.3 Å². The maximum atomic E-state index is 13.1. The van der Waals surface area contributed by atoms with Crippen molar-refractivity contribution in [1.29, 1.82) is 0 Å².